The van der Waals surface area contributed by atoms with Crippen molar-refractivity contribution in [2.24, 2.45) is 0 Å². The van der Waals surface area contributed by atoms with Crippen LogP contribution in [-0.2, 0) is 11.3 Å². The molecule has 1 aromatic carbocycles. The lowest BCUT2D eigenvalue weighted by Gasteiger charge is -2.34. The van der Waals surface area contributed by atoms with Gasteiger partial charge < -0.3 is 9.88 Å². The van der Waals surface area contributed by atoms with Gasteiger partial charge in [-0.2, -0.15) is 5.10 Å². The third-order valence-corrected chi connectivity index (χ3v) is 5.32. The van der Waals surface area contributed by atoms with Gasteiger partial charge in [0, 0.05) is 12.6 Å². The number of fused-ring (bicyclic) bond motifs is 1. The van der Waals surface area contributed by atoms with E-state index in [9.17, 15) is 14.0 Å². The van der Waals surface area contributed by atoms with Gasteiger partial charge in [0.1, 0.15) is 18.2 Å². The van der Waals surface area contributed by atoms with Crippen molar-refractivity contribution in [3.05, 3.63) is 57.5 Å². The lowest BCUT2D eigenvalue weighted by atomic mass is 10.0. The molecule has 1 aliphatic heterocycles. The Morgan fingerprint density at radius 3 is 2.93 bits per heavy atom. The Kier molecular flexibility index (Phi) is 4.70. The molecule has 0 bridgehead atoms. The molecule has 1 N–H and O–H groups in total. The number of amides is 1. The number of piperidine rings is 1. The third kappa shape index (κ3) is 3.42. The quantitative estimate of drug-likeness (QED) is 0.754. The first-order valence-electron chi connectivity index (χ1n) is 9.42. The fourth-order valence-electron chi connectivity index (χ4n) is 3.68. The van der Waals surface area contributed by atoms with E-state index in [1.807, 2.05) is 13.8 Å². The van der Waals surface area contributed by atoms with Crippen LogP contribution in [0.4, 0.5) is 4.39 Å². The van der Waals surface area contributed by atoms with Crippen molar-refractivity contribution in [2.45, 2.75) is 45.7 Å². The maximum atomic E-state index is 13.5. The predicted octanol–water partition coefficient (Wildman–Crippen LogP) is 2.63. The predicted molar refractivity (Wildman–Crippen MR) is 102 cm³/mol. The number of benzene rings is 1. The molecule has 28 heavy (non-hydrogen) atoms. The highest BCUT2D eigenvalue weighted by molar-refractivity contribution is 5.77. The Bertz CT molecular complexity index is 1100. The highest BCUT2D eigenvalue weighted by Crippen LogP contribution is 2.30. The van der Waals surface area contributed by atoms with E-state index in [0.717, 1.165) is 30.5 Å². The minimum absolute atomic E-state index is 0.106. The SMILES string of the molecule is Cc1cc(=O)n(CC(=O)N2CCCC[C@H]2c2nc3ccc(F)cc3[nH]2)nc1C. The molecule has 1 aliphatic rings. The Balaban J connectivity index is 1.62. The number of hydrogen-bond donors (Lipinski definition) is 1. The first kappa shape index (κ1) is 18.3. The van der Waals surface area contributed by atoms with E-state index >= 15 is 0 Å². The number of aryl methyl sites for hydroxylation is 2. The van der Waals surface area contributed by atoms with Gasteiger partial charge >= 0.3 is 0 Å². The lowest BCUT2D eigenvalue weighted by molar-refractivity contribution is -0.136. The zero-order chi connectivity index (χ0) is 19.8. The number of imidazole rings is 1. The molecular weight excluding hydrogens is 361 g/mol. The number of likely N-dealkylation sites (tertiary alicyclic amines) is 1. The molecule has 0 spiro atoms. The first-order chi connectivity index (χ1) is 13.4. The van der Waals surface area contributed by atoms with Crippen LogP contribution in [0.3, 0.4) is 0 Å². The molecule has 2 aromatic heterocycles. The smallest absolute Gasteiger partial charge is 0.267 e. The van der Waals surface area contributed by atoms with Crippen molar-refractivity contribution in [3.8, 4) is 0 Å². The van der Waals surface area contributed by atoms with Crippen LogP contribution >= 0.6 is 0 Å². The number of nitrogens with one attached hydrogen (secondary N) is 1. The van der Waals surface area contributed by atoms with Gasteiger partial charge in [0.15, 0.2) is 0 Å². The molecule has 1 amide bonds. The highest BCUT2D eigenvalue weighted by atomic mass is 19.1. The molecule has 1 fully saturated rings. The number of aromatic nitrogens is 4. The van der Waals surface area contributed by atoms with Crippen molar-refractivity contribution in [1.82, 2.24) is 24.6 Å². The number of nitrogens with zero attached hydrogens (tertiary/aromatic N) is 4. The van der Waals surface area contributed by atoms with E-state index < -0.39 is 0 Å². The summed E-state index contributed by atoms with van der Waals surface area (Å²) in [6.45, 7) is 4.12. The van der Waals surface area contributed by atoms with Crippen LogP contribution in [0.1, 0.15) is 42.4 Å². The average Bonchev–Trinajstić information content (AvgIpc) is 3.09. The minimum atomic E-state index is -0.334. The Hall–Kier alpha value is -3.03. The number of H-pyrrole nitrogens is 1. The average molecular weight is 383 g/mol. The standard InChI is InChI=1S/C20H22FN5O2/c1-12-9-18(27)26(24-13(12)2)11-19(28)25-8-4-3-5-17(25)20-22-15-7-6-14(21)10-16(15)23-20/h6-7,9-10,17H,3-5,8,11H2,1-2H3,(H,22,23)/t17-/m0/s1. The summed E-state index contributed by atoms with van der Waals surface area (Å²) in [4.78, 5) is 34.6. The molecule has 3 aromatic rings. The number of hydrogen-bond acceptors (Lipinski definition) is 4. The maximum absolute atomic E-state index is 13.5. The molecule has 0 unspecified atom stereocenters. The molecule has 1 saturated heterocycles. The normalized spacial score (nSPS) is 17.2. The zero-order valence-corrected chi connectivity index (χ0v) is 15.9. The Labute approximate surface area is 161 Å². The second-order valence-electron chi connectivity index (χ2n) is 7.29. The molecule has 4 rings (SSSR count). The molecule has 1 atom stereocenters. The molecule has 7 nitrogen and oxygen atoms in total. The minimum Gasteiger partial charge on any atom is -0.340 e. The summed E-state index contributed by atoms with van der Waals surface area (Å²) < 4.78 is 14.7. The molecule has 0 saturated carbocycles. The molecule has 3 heterocycles. The van der Waals surface area contributed by atoms with Gasteiger partial charge in [0.25, 0.3) is 5.56 Å². The summed E-state index contributed by atoms with van der Waals surface area (Å²) >= 11 is 0. The van der Waals surface area contributed by atoms with Gasteiger partial charge in [-0.3, -0.25) is 9.59 Å². The summed E-state index contributed by atoms with van der Waals surface area (Å²) in [7, 11) is 0. The van der Waals surface area contributed by atoms with Crippen molar-refractivity contribution >= 4 is 16.9 Å². The first-order valence-corrected chi connectivity index (χ1v) is 9.42. The molecular formula is C20H22FN5O2. The van der Waals surface area contributed by atoms with Gasteiger partial charge in [-0.15, -0.1) is 0 Å². The zero-order valence-electron chi connectivity index (χ0n) is 15.9. The van der Waals surface area contributed by atoms with Gasteiger partial charge in [-0.05, 0) is 56.9 Å². The lowest BCUT2D eigenvalue weighted by Crippen LogP contribution is -2.42. The van der Waals surface area contributed by atoms with Crippen molar-refractivity contribution in [3.63, 3.8) is 0 Å². The van der Waals surface area contributed by atoms with E-state index in [4.69, 9.17) is 0 Å². The van der Waals surface area contributed by atoms with E-state index in [1.54, 1.807) is 11.0 Å². The second kappa shape index (κ2) is 7.18. The van der Waals surface area contributed by atoms with E-state index in [0.29, 0.717) is 23.4 Å². The summed E-state index contributed by atoms with van der Waals surface area (Å²) in [5, 5.41) is 4.24. The summed E-state index contributed by atoms with van der Waals surface area (Å²) in [5.41, 5.74) is 2.52. The van der Waals surface area contributed by atoms with Crippen molar-refractivity contribution < 1.29 is 9.18 Å². The highest BCUT2D eigenvalue weighted by Gasteiger charge is 2.30. The summed E-state index contributed by atoms with van der Waals surface area (Å²) in [5.74, 6) is 0.141. The van der Waals surface area contributed by atoms with Crippen LogP contribution < -0.4 is 5.56 Å². The van der Waals surface area contributed by atoms with Gasteiger partial charge in [0.05, 0.1) is 22.8 Å². The molecule has 0 aliphatic carbocycles. The molecule has 0 radical (unpaired) electrons. The second-order valence-corrected chi connectivity index (χ2v) is 7.29. The summed E-state index contributed by atoms with van der Waals surface area (Å²) in [6, 6.07) is 5.67. The van der Waals surface area contributed by atoms with Crippen LogP contribution in [0, 0.1) is 19.7 Å². The summed E-state index contributed by atoms with van der Waals surface area (Å²) in [6.07, 6.45) is 2.64. The van der Waals surface area contributed by atoms with Crippen molar-refractivity contribution in [1.29, 1.82) is 0 Å². The van der Waals surface area contributed by atoms with Gasteiger partial charge in [-0.25, -0.2) is 14.1 Å². The fourth-order valence-corrected chi connectivity index (χ4v) is 3.68. The van der Waals surface area contributed by atoms with Crippen LogP contribution in [0.15, 0.2) is 29.1 Å². The molecule has 8 heteroatoms. The van der Waals surface area contributed by atoms with E-state index in [2.05, 4.69) is 15.1 Å². The van der Waals surface area contributed by atoms with Crippen LogP contribution in [-0.4, -0.2) is 37.1 Å². The molecule has 146 valence electrons. The maximum Gasteiger partial charge on any atom is 0.267 e. The van der Waals surface area contributed by atoms with Gasteiger partial charge in [-0.1, -0.05) is 0 Å². The number of aromatic amines is 1. The van der Waals surface area contributed by atoms with Crippen LogP contribution in [0.25, 0.3) is 11.0 Å². The monoisotopic (exact) mass is 383 g/mol. The number of halogens is 1. The van der Waals surface area contributed by atoms with Crippen molar-refractivity contribution in [2.75, 3.05) is 6.54 Å². The number of carbonyl (C=O) groups is 1. The van der Waals surface area contributed by atoms with Crippen LogP contribution in [0.2, 0.25) is 0 Å². The topological polar surface area (TPSA) is 83.9 Å². The third-order valence-electron chi connectivity index (χ3n) is 5.32. The van der Waals surface area contributed by atoms with E-state index in [1.165, 1.54) is 22.9 Å². The Morgan fingerprint density at radius 2 is 2.11 bits per heavy atom. The van der Waals surface area contributed by atoms with Gasteiger partial charge in [0.2, 0.25) is 5.91 Å². The Morgan fingerprint density at radius 1 is 1.29 bits per heavy atom. The largest absolute Gasteiger partial charge is 0.340 e. The number of rotatable bonds is 3. The number of carbonyl (C=O) groups excluding carboxylic acids is 1. The van der Waals surface area contributed by atoms with Crippen LogP contribution in [0.5, 0.6) is 0 Å². The fraction of sp³-hybridized carbons (Fsp3) is 0.400. The van der Waals surface area contributed by atoms with E-state index in [-0.39, 0.29) is 29.9 Å².